The number of hydrogen-bond acceptors (Lipinski definition) is 5. The standard InChI is InChI=1S/C19H24N2O3S2/c22-18(11-13-26(23,24)14-6-1-2-7-14)21-12-5-9-16(21)19-20-15-8-3-4-10-17(15)25-19/h3-4,8,10,14,16H,1-2,5-7,9,11-13H2. The van der Waals surface area contributed by atoms with Crippen molar-refractivity contribution in [2.75, 3.05) is 12.3 Å². The Bertz CT molecular complexity index is 867. The van der Waals surface area contributed by atoms with Crippen molar-refractivity contribution >= 4 is 37.3 Å². The molecule has 0 radical (unpaired) electrons. The molecule has 1 saturated heterocycles. The number of hydrogen-bond donors (Lipinski definition) is 0. The summed E-state index contributed by atoms with van der Waals surface area (Å²) in [4.78, 5) is 19.3. The maximum atomic E-state index is 12.7. The summed E-state index contributed by atoms with van der Waals surface area (Å²) in [5, 5.41) is 0.740. The fourth-order valence-corrected chi connectivity index (χ4v) is 7.10. The van der Waals surface area contributed by atoms with Gasteiger partial charge in [0.2, 0.25) is 5.91 Å². The summed E-state index contributed by atoms with van der Waals surface area (Å²) in [7, 11) is -3.15. The zero-order valence-corrected chi connectivity index (χ0v) is 16.4. The number of benzene rings is 1. The zero-order chi connectivity index (χ0) is 18.1. The van der Waals surface area contributed by atoms with E-state index in [4.69, 9.17) is 4.98 Å². The summed E-state index contributed by atoms with van der Waals surface area (Å²) in [6.07, 6.45) is 5.44. The van der Waals surface area contributed by atoms with Crippen LogP contribution in [0.5, 0.6) is 0 Å². The Hall–Kier alpha value is -1.47. The second kappa shape index (κ2) is 7.27. The SMILES string of the molecule is O=C(CCS(=O)(=O)C1CCCC1)N1CCCC1c1nc2ccccc2s1. The molecule has 140 valence electrons. The molecule has 0 N–H and O–H groups in total. The topological polar surface area (TPSA) is 67.3 Å². The van der Waals surface area contributed by atoms with Gasteiger partial charge in [-0.3, -0.25) is 4.79 Å². The second-order valence-corrected chi connectivity index (χ2v) is 10.8. The Labute approximate surface area is 158 Å². The Balaban J connectivity index is 1.45. The number of sulfone groups is 1. The van der Waals surface area contributed by atoms with Gasteiger partial charge < -0.3 is 4.90 Å². The highest BCUT2D eigenvalue weighted by atomic mass is 32.2. The van der Waals surface area contributed by atoms with Crippen LogP contribution in [0.25, 0.3) is 10.2 Å². The van der Waals surface area contributed by atoms with Gasteiger partial charge in [-0.15, -0.1) is 11.3 Å². The number of fused-ring (bicyclic) bond motifs is 1. The van der Waals surface area contributed by atoms with E-state index in [1.165, 1.54) is 0 Å². The molecule has 1 saturated carbocycles. The van der Waals surface area contributed by atoms with Crippen molar-refractivity contribution in [1.82, 2.24) is 9.88 Å². The monoisotopic (exact) mass is 392 g/mol. The van der Waals surface area contributed by atoms with Gasteiger partial charge in [0.25, 0.3) is 0 Å². The lowest BCUT2D eigenvalue weighted by molar-refractivity contribution is -0.131. The van der Waals surface area contributed by atoms with Crippen LogP contribution in [-0.4, -0.2) is 41.8 Å². The molecule has 1 atom stereocenters. The first-order valence-corrected chi connectivity index (χ1v) is 11.9. The minimum absolute atomic E-state index is 0.00548. The molecule has 1 unspecified atom stereocenters. The van der Waals surface area contributed by atoms with Crippen molar-refractivity contribution < 1.29 is 13.2 Å². The number of nitrogens with zero attached hydrogens (tertiary/aromatic N) is 2. The predicted molar refractivity (Wildman–Crippen MR) is 104 cm³/mol. The summed E-state index contributed by atoms with van der Waals surface area (Å²) >= 11 is 1.64. The van der Waals surface area contributed by atoms with Crippen molar-refractivity contribution in [3.63, 3.8) is 0 Å². The van der Waals surface area contributed by atoms with E-state index < -0.39 is 9.84 Å². The van der Waals surface area contributed by atoms with Gasteiger partial charge in [-0.2, -0.15) is 0 Å². The summed E-state index contributed by atoms with van der Waals surface area (Å²) in [6.45, 7) is 0.697. The first-order chi connectivity index (χ1) is 12.5. The molecule has 1 aliphatic heterocycles. The molecule has 1 aliphatic carbocycles. The molecule has 4 rings (SSSR count). The highest BCUT2D eigenvalue weighted by molar-refractivity contribution is 7.92. The van der Waals surface area contributed by atoms with E-state index in [1.54, 1.807) is 11.3 Å². The van der Waals surface area contributed by atoms with Gasteiger partial charge in [0.05, 0.1) is 27.3 Å². The van der Waals surface area contributed by atoms with Crippen LogP contribution in [0.3, 0.4) is 0 Å². The number of carbonyl (C=O) groups excluding carboxylic acids is 1. The molecular weight excluding hydrogens is 368 g/mol. The fourth-order valence-electron chi connectivity index (χ4n) is 4.14. The van der Waals surface area contributed by atoms with Crippen LogP contribution < -0.4 is 0 Å². The van der Waals surface area contributed by atoms with Crippen LogP contribution >= 0.6 is 11.3 Å². The van der Waals surface area contributed by atoms with Crippen LogP contribution in [-0.2, 0) is 14.6 Å². The van der Waals surface area contributed by atoms with Crippen molar-refractivity contribution in [2.24, 2.45) is 0 Å². The Morgan fingerprint density at radius 1 is 1.15 bits per heavy atom. The number of thiazole rings is 1. The van der Waals surface area contributed by atoms with Crippen molar-refractivity contribution in [2.45, 2.75) is 56.2 Å². The van der Waals surface area contributed by atoms with Gasteiger partial charge >= 0.3 is 0 Å². The van der Waals surface area contributed by atoms with Crippen molar-refractivity contribution in [3.05, 3.63) is 29.3 Å². The van der Waals surface area contributed by atoms with Crippen LogP contribution in [0, 0.1) is 0 Å². The quantitative estimate of drug-likeness (QED) is 0.778. The van der Waals surface area contributed by atoms with Gasteiger partial charge in [-0.25, -0.2) is 13.4 Å². The van der Waals surface area contributed by atoms with E-state index >= 15 is 0 Å². The number of rotatable bonds is 5. The van der Waals surface area contributed by atoms with Crippen LogP contribution in [0.2, 0.25) is 0 Å². The molecule has 2 aliphatic rings. The van der Waals surface area contributed by atoms with Gasteiger partial charge in [-0.1, -0.05) is 25.0 Å². The molecule has 1 amide bonds. The minimum atomic E-state index is -3.15. The van der Waals surface area contributed by atoms with Gasteiger partial charge in [0.1, 0.15) is 5.01 Å². The average Bonchev–Trinajstić information content (AvgIpc) is 3.39. The number of para-hydroxylation sites is 1. The number of carbonyl (C=O) groups is 1. The number of amides is 1. The molecule has 5 nitrogen and oxygen atoms in total. The fraction of sp³-hybridized carbons (Fsp3) is 0.579. The van der Waals surface area contributed by atoms with Gasteiger partial charge in [0, 0.05) is 13.0 Å². The van der Waals surface area contributed by atoms with Gasteiger partial charge in [0.15, 0.2) is 9.84 Å². The summed E-state index contributed by atoms with van der Waals surface area (Å²) < 4.78 is 26.0. The van der Waals surface area contributed by atoms with Gasteiger partial charge in [-0.05, 0) is 37.8 Å². The van der Waals surface area contributed by atoms with E-state index in [0.717, 1.165) is 53.7 Å². The third-order valence-electron chi connectivity index (χ3n) is 5.58. The highest BCUT2D eigenvalue weighted by Gasteiger charge is 2.34. The maximum Gasteiger partial charge on any atom is 0.224 e. The lowest BCUT2D eigenvalue weighted by Crippen LogP contribution is -2.33. The van der Waals surface area contributed by atoms with Crippen molar-refractivity contribution in [1.29, 1.82) is 0 Å². The highest BCUT2D eigenvalue weighted by Crippen LogP contribution is 2.37. The Morgan fingerprint density at radius 3 is 2.69 bits per heavy atom. The lowest BCUT2D eigenvalue weighted by Gasteiger charge is -2.23. The average molecular weight is 393 g/mol. The summed E-state index contributed by atoms with van der Waals surface area (Å²) in [5.41, 5.74) is 0.968. The van der Waals surface area contributed by atoms with E-state index in [1.807, 2.05) is 29.2 Å². The first-order valence-electron chi connectivity index (χ1n) is 9.41. The molecule has 2 aromatic rings. The van der Waals surface area contributed by atoms with E-state index in [2.05, 4.69) is 0 Å². The van der Waals surface area contributed by atoms with E-state index in [-0.39, 0.29) is 29.4 Å². The molecule has 1 aromatic heterocycles. The molecule has 2 fully saturated rings. The molecule has 2 heterocycles. The molecular formula is C19H24N2O3S2. The minimum Gasteiger partial charge on any atom is -0.333 e. The Kier molecular flexibility index (Phi) is 5.01. The van der Waals surface area contributed by atoms with E-state index in [0.29, 0.717) is 6.54 Å². The summed E-state index contributed by atoms with van der Waals surface area (Å²) in [6, 6.07) is 8.00. The smallest absolute Gasteiger partial charge is 0.224 e. The maximum absolute atomic E-state index is 12.7. The molecule has 0 bridgehead atoms. The van der Waals surface area contributed by atoms with E-state index in [9.17, 15) is 13.2 Å². The summed E-state index contributed by atoms with van der Waals surface area (Å²) in [5.74, 6) is -0.0622. The number of aromatic nitrogens is 1. The Morgan fingerprint density at radius 2 is 1.92 bits per heavy atom. The molecule has 0 spiro atoms. The first kappa shape index (κ1) is 17.9. The molecule has 26 heavy (non-hydrogen) atoms. The predicted octanol–water partition coefficient (Wildman–Crippen LogP) is 3.71. The third kappa shape index (κ3) is 3.51. The zero-order valence-electron chi connectivity index (χ0n) is 14.8. The van der Waals surface area contributed by atoms with Crippen LogP contribution in [0.1, 0.15) is 56.0 Å². The van der Waals surface area contributed by atoms with Crippen molar-refractivity contribution in [3.8, 4) is 0 Å². The largest absolute Gasteiger partial charge is 0.333 e. The van der Waals surface area contributed by atoms with Crippen LogP contribution in [0.4, 0.5) is 0 Å². The lowest BCUT2D eigenvalue weighted by atomic mass is 10.2. The van der Waals surface area contributed by atoms with Crippen LogP contribution in [0.15, 0.2) is 24.3 Å². The third-order valence-corrected chi connectivity index (χ3v) is 8.98. The second-order valence-electron chi connectivity index (χ2n) is 7.29. The molecule has 1 aromatic carbocycles. The molecule has 7 heteroatoms. The number of likely N-dealkylation sites (tertiary alicyclic amines) is 1. The normalized spacial score (nSPS) is 21.7.